The van der Waals surface area contributed by atoms with Crippen LogP contribution in [0.1, 0.15) is 69.2 Å². The Balaban J connectivity index is 1.83. The molecule has 158 valence electrons. The normalized spacial score (nSPS) is 17.7. The summed E-state index contributed by atoms with van der Waals surface area (Å²) >= 11 is 0. The largest absolute Gasteiger partial charge is 0.478 e. The number of carbonyl (C=O) groups is 1. The molecule has 0 radical (unpaired) electrons. The van der Waals surface area contributed by atoms with Gasteiger partial charge in [-0.1, -0.05) is 64.1 Å². The highest BCUT2D eigenvalue weighted by atomic mass is 19.1. The number of aryl methyl sites for hydroxylation is 1. The fraction of sp³-hybridized carbons (Fsp3) is 0.370. The van der Waals surface area contributed by atoms with E-state index in [4.69, 9.17) is 5.11 Å². The van der Waals surface area contributed by atoms with Crippen molar-refractivity contribution in [2.75, 3.05) is 0 Å². The van der Waals surface area contributed by atoms with Crippen LogP contribution in [0.25, 0.3) is 5.57 Å². The lowest BCUT2D eigenvalue weighted by molar-refractivity contribution is -0.131. The molecule has 1 aliphatic carbocycles. The van der Waals surface area contributed by atoms with Gasteiger partial charge in [0.05, 0.1) is 0 Å². The van der Waals surface area contributed by atoms with E-state index in [0.29, 0.717) is 0 Å². The second kappa shape index (κ2) is 8.59. The van der Waals surface area contributed by atoms with Crippen molar-refractivity contribution in [3.05, 3.63) is 88.8 Å². The minimum Gasteiger partial charge on any atom is -0.478 e. The van der Waals surface area contributed by atoms with Gasteiger partial charge in [0.1, 0.15) is 5.82 Å². The Labute approximate surface area is 179 Å². The van der Waals surface area contributed by atoms with Gasteiger partial charge in [0.15, 0.2) is 0 Å². The molecular formula is C27H31FO2. The first-order valence-corrected chi connectivity index (χ1v) is 10.6. The van der Waals surface area contributed by atoms with Gasteiger partial charge in [-0.2, -0.15) is 0 Å². The number of benzene rings is 2. The summed E-state index contributed by atoms with van der Waals surface area (Å²) in [4.78, 5) is 11.0. The maximum atomic E-state index is 13.3. The number of aliphatic carboxylic acids is 1. The summed E-state index contributed by atoms with van der Waals surface area (Å²) in [7, 11) is 0. The van der Waals surface area contributed by atoms with Crippen LogP contribution in [0, 0.1) is 5.82 Å². The molecule has 0 atom stereocenters. The van der Waals surface area contributed by atoms with Crippen molar-refractivity contribution in [1.82, 2.24) is 0 Å². The quantitative estimate of drug-likeness (QED) is 0.421. The third-order valence-electron chi connectivity index (χ3n) is 6.30. The second-order valence-electron chi connectivity index (χ2n) is 9.52. The first-order chi connectivity index (χ1) is 14.1. The lowest BCUT2D eigenvalue weighted by Crippen LogP contribution is -2.33. The number of fused-ring (bicyclic) bond motifs is 1. The zero-order chi connectivity index (χ0) is 21.9. The van der Waals surface area contributed by atoms with Crippen molar-refractivity contribution >= 4 is 11.5 Å². The van der Waals surface area contributed by atoms with E-state index >= 15 is 0 Å². The molecule has 1 aliphatic rings. The number of halogens is 1. The smallest absolute Gasteiger partial charge is 0.328 e. The summed E-state index contributed by atoms with van der Waals surface area (Å²) in [5.41, 5.74) is 6.18. The number of carboxylic acid groups (broad SMARTS) is 1. The molecule has 2 aromatic rings. The van der Waals surface area contributed by atoms with Crippen LogP contribution in [-0.2, 0) is 22.0 Å². The molecule has 0 spiro atoms. The average Bonchev–Trinajstić information content (AvgIpc) is 2.69. The Kier molecular flexibility index (Phi) is 6.30. The second-order valence-corrected chi connectivity index (χ2v) is 9.52. The fourth-order valence-electron chi connectivity index (χ4n) is 4.27. The molecule has 3 heteroatoms. The highest BCUT2D eigenvalue weighted by Gasteiger charge is 2.36. The predicted molar refractivity (Wildman–Crippen MR) is 121 cm³/mol. The van der Waals surface area contributed by atoms with Crippen LogP contribution < -0.4 is 0 Å². The molecule has 1 N–H and O–H groups in total. The number of carboxylic acids is 1. The van der Waals surface area contributed by atoms with E-state index in [0.717, 1.165) is 30.1 Å². The summed E-state index contributed by atoms with van der Waals surface area (Å²) in [6, 6.07) is 13.0. The minimum atomic E-state index is -0.998. The van der Waals surface area contributed by atoms with Gasteiger partial charge in [0.25, 0.3) is 0 Å². The topological polar surface area (TPSA) is 37.3 Å². The van der Waals surface area contributed by atoms with Gasteiger partial charge in [-0.3, -0.25) is 0 Å². The molecule has 0 fully saturated rings. The van der Waals surface area contributed by atoms with Crippen molar-refractivity contribution in [2.45, 2.75) is 64.2 Å². The summed E-state index contributed by atoms with van der Waals surface area (Å²) in [6.07, 6.45) is 8.76. The molecule has 0 amide bonds. The first-order valence-electron chi connectivity index (χ1n) is 10.6. The Bertz CT molecular complexity index is 978. The molecule has 0 saturated heterocycles. The molecular weight excluding hydrogens is 375 g/mol. The van der Waals surface area contributed by atoms with Crippen LogP contribution in [0.2, 0.25) is 0 Å². The summed E-state index contributed by atoms with van der Waals surface area (Å²) in [6.45, 7) is 9.31. The highest BCUT2D eigenvalue weighted by molar-refractivity contribution is 5.85. The zero-order valence-electron chi connectivity index (χ0n) is 18.3. The lowest BCUT2D eigenvalue weighted by atomic mass is 9.63. The molecule has 0 aliphatic heterocycles. The number of allylic oxidation sites excluding steroid dienone is 3. The monoisotopic (exact) mass is 406 g/mol. The standard InChI is InChI=1S/C27H31FO2/c1-26(2)16-17-27(3,4)24-18-19(8-14-23(24)26)6-5-7-20(11-15-25(29)30)21-9-12-22(28)13-10-21/h7-15,18H,5-6,16-17H2,1-4H3,(H,29,30)/b15-11?,20-7-. The Morgan fingerprint density at radius 2 is 1.60 bits per heavy atom. The van der Waals surface area contributed by atoms with E-state index in [-0.39, 0.29) is 16.6 Å². The van der Waals surface area contributed by atoms with Gasteiger partial charge in [-0.25, -0.2) is 9.18 Å². The third-order valence-corrected chi connectivity index (χ3v) is 6.30. The van der Waals surface area contributed by atoms with Gasteiger partial charge >= 0.3 is 5.97 Å². The fourth-order valence-corrected chi connectivity index (χ4v) is 4.27. The van der Waals surface area contributed by atoms with E-state index < -0.39 is 5.97 Å². The predicted octanol–water partition coefficient (Wildman–Crippen LogP) is 6.83. The van der Waals surface area contributed by atoms with Gasteiger partial charge < -0.3 is 5.11 Å². The minimum absolute atomic E-state index is 0.181. The van der Waals surface area contributed by atoms with Crippen LogP contribution >= 0.6 is 0 Å². The molecule has 0 heterocycles. The maximum Gasteiger partial charge on any atom is 0.328 e. The average molecular weight is 407 g/mol. The number of hydrogen-bond acceptors (Lipinski definition) is 1. The van der Waals surface area contributed by atoms with Crippen LogP contribution in [0.15, 0.2) is 60.7 Å². The molecule has 2 nitrogen and oxygen atoms in total. The SMILES string of the molecule is CC1(C)CCC(C)(C)c2cc(CC/C=C(/C=CC(=O)O)c3ccc(F)cc3)ccc21. The van der Waals surface area contributed by atoms with Crippen LogP contribution in [-0.4, -0.2) is 11.1 Å². The number of hydrogen-bond donors (Lipinski definition) is 1. The molecule has 0 saturated carbocycles. The van der Waals surface area contributed by atoms with Crippen molar-refractivity contribution in [1.29, 1.82) is 0 Å². The molecule has 30 heavy (non-hydrogen) atoms. The van der Waals surface area contributed by atoms with E-state index in [2.05, 4.69) is 45.9 Å². The van der Waals surface area contributed by atoms with Gasteiger partial charge in [0.2, 0.25) is 0 Å². The van der Waals surface area contributed by atoms with E-state index in [9.17, 15) is 9.18 Å². The highest BCUT2D eigenvalue weighted by Crippen LogP contribution is 2.45. The van der Waals surface area contributed by atoms with Crippen molar-refractivity contribution < 1.29 is 14.3 Å². The van der Waals surface area contributed by atoms with E-state index in [1.165, 1.54) is 41.7 Å². The molecule has 0 aromatic heterocycles. The van der Waals surface area contributed by atoms with Crippen LogP contribution in [0.4, 0.5) is 4.39 Å². The van der Waals surface area contributed by atoms with Crippen LogP contribution in [0.3, 0.4) is 0 Å². The first kappa shape index (κ1) is 22.0. The van der Waals surface area contributed by atoms with Gasteiger partial charge in [-0.15, -0.1) is 0 Å². The lowest BCUT2D eigenvalue weighted by Gasteiger charge is -2.42. The van der Waals surface area contributed by atoms with Crippen LogP contribution in [0.5, 0.6) is 0 Å². The Morgan fingerprint density at radius 1 is 0.967 bits per heavy atom. The van der Waals surface area contributed by atoms with Gasteiger partial charge in [-0.05, 0) is 82.5 Å². The third kappa shape index (κ3) is 5.08. The summed E-state index contributed by atoms with van der Waals surface area (Å²) < 4.78 is 13.3. The van der Waals surface area contributed by atoms with Gasteiger partial charge in [0, 0.05) is 6.08 Å². The number of rotatable bonds is 6. The Hall–Kier alpha value is -2.68. The van der Waals surface area contributed by atoms with E-state index in [1.54, 1.807) is 18.2 Å². The molecule has 3 rings (SSSR count). The molecule has 0 bridgehead atoms. The van der Waals surface area contributed by atoms with Crippen molar-refractivity contribution in [3.63, 3.8) is 0 Å². The summed E-state index contributed by atoms with van der Waals surface area (Å²) in [5.74, 6) is -1.30. The molecule has 0 unspecified atom stereocenters. The Morgan fingerprint density at radius 3 is 2.23 bits per heavy atom. The maximum absolute atomic E-state index is 13.3. The zero-order valence-corrected chi connectivity index (χ0v) is 18.3. The van der Waals surface area contributed by atoms with Crippen molar-refractivity contribution in [2.24, 2.45) is 0 Å². The molecule has 2 aromatic carbocycles. The van der Waals surface area contributed by atoms with E-state index in [1.807, 2.05) is 6.08 Å². The summed E-state index contributed by atoms with van der Waals surface area (Å²) in [5, 5.41) is 8.99. The van der Waals surface area contributed by atoms with Crippen molar-refractivity contribution in [3.8, 4) is 0 Å².